The Morgan fingerprint density at radius 3 is 2.06 bits per heavy atom. The lowest BCUT2D eigenvalue weighted by Crippen LogP contribution is -2.50. The Balaban J connectivity index is 2.53. The van der Waals surface area contributed by atoms with Gasteiger partial charge in [0.1, 0.15) is 0 Å². The summed E-state index contributed by atoms with van der Waals surface area (Å²) in [5, 5.41) is 0. The molecule has 4 nitrogen and oxygen atoms in total. The molecule has 0 amide bonds. The maximum atomic E-state index is 6.37. The van der Waals surface area contributed by atoms with Gasteiger partial charge in [-0.1, -0.05) is 25.7 Å². The minimum absolute atomic E-state index is 0.305. The van der Waals surface area contributed by atoms with Crippen molar-refractivity contribution < 1.29 is 9.47 Å². The third-order valence-corrected chi connectivity index (χ3v) is 3.92. The van der Waals surface area contributed by atoms with Gasteiger partial charge >= 0.3 is 0 Å². The number of hydrogen-bond donors (Lipinski definition) is 1. The molecule has 0 aromatic carbocycles. The Hall–Kier alpha value is -0.160. The van der Waals surface area contributed by atoms with Crippen LogP contribution in [-0.2, 0) is 9.47 Å². The number of ether oxygens (including phenoxy) is 2. The first-order chi connectivity index (χ1) is 8.79. The summed E-state index contributed by atoms with van der Waals surface area (Å²) in [6.45, 7) is 3.45. The summed E-state index contributed by atoms with van der Waals surface area (Å²) in [5.41, 5.74) is 6.37. The number of rotatable bonds is 7. The molecule has 0 heterocycles. The SMILES string of the molecule is COCCN(CCOC)C1CCCCCCC1N. The van der Waals surface area contributed by atoms with Gasteiger partial charge < -0.3 is 15.2 Å². The largest absolute Gasteiger partial charge is 0.383 e. The first-order valence-corrected chi connectivity index (χ1v) is 7.27. The molecule has 1 rings (SSSR count). The number of methoxy groups -OCH3 is 2. The molecule has 2 unspecified atom stereocenters. The topological polar surface area (TPSA) is 47.7 Å². The van der Waals surface area contributed by atoms with Crippen LogP contribution in [0.5, 0.6) is 0 Å². The van der Waals surface area contributed by atoms with E-state index in [4.69, 9.17) is 15.2 Å². The molecule has 18 heavy (non-hydrogen) atoms. The van der Waals surface area contributed by atoms with Crippen LogP contribution in [-0.4, -0.2) is 57.5 Å². The van der Waals surface area contributed by atoms with Gasteiger partial charge in [-0.25, -0.2) is 0 Å². The summed E-state index contributed by atoms with van der Waals surface area (Å²) in [7, 11) is 3.51. The highest BCUT2D eigenvalue weighted by molar-refractivity contribution is 4.83. The van der Waals surface area contributed by atoms with E-state index < -0.39 is 0 Å². The Morgan fingerprint density at radius 1 is 0.944 bits per heavy atom. The standard InChI is InChI=1S/C14H30N2O2/c1-17-11-9-16(10-12-18-2)14-8-6-4-3-5-7-13(14)15/h13-14H,3-12,15H2,1-2H3. The molecule has 0 aromatic rings. The summed E-state index contributed by atoms with van der Waals surface area (Å²) in [6.07, 6.45) is 7.65. The predicted molar refractivity (Wildman–Crippen MR) is 74.8 cm³/mol. The molecular formula is C14H30N2O2. The molecule has 2 atom stereocenters. The molecule has 1 fully saturated rings. The molecule has 0 aromatic heterocycles. The highest BCUT2D eigenvalue weighted by Crippen LogP contribution is 2.20. The molecule has 0 spiro atoms. The van der Waals surface area contributed by atoms with Crippen molar-refractivity contribution in [3.63, 3.8) is 0 Å². The average Bonchev–Trinajstić information content (AvgIpc) is 2.36. The van der Waals surface area contributed by atoms with E-state index >= 15 is 0 Å². The molecular weight excluding hydrogens is 228 g/mol. The van der Waals surface area contributed by atoms with E-state index in [0.29, 0.717) is 12.1 Å². The van der Waals surface area contributed by atoms with E-state index in [1.165, 1.54) is 32.1 Å². The van der Waals surface area contributed by atoms with E-state index in [2.05, 4.69) is 4.90 Å². The van der Waals surface area contributed by atoms with Crippen LogP contribution < -0.4 is 5.73 Å². The van der Waals surface area contributed by atoms with Gasteiger partial charge in [0.05, 0.1) is 13.2 Å². The van der Waals surface area contributed by atoms with Crippen LogP contribution in [0.2, 0.25) is 0 Å². The first kappa shape index (κ1) is 15.9. The van der Waals surface area contributed by atoms with Crippen molar-refractivity contribution in [2.24, 2.45) is 5.73 Å². The van der Waals surface area contributed by atoms with Crippen molar-refractivity contribution in [3.8, 4) is 0 Å². The third-order valence-electron chi connectivity index (χ3n) is 3.92. The Labute approximate surface area is 112 Å². The van der Waals surface area contributed by atoms with Gasteiger partial charge in [0.25, 0.3) is 0 Å². The second-order valence-corrected chi connectivity index (χ2v) is 5.24. The normalized spacial score (nSPS) is 26.0. The van der Waals surface area contributed by atoms with Crippen molar-refractivity contribution in [2.45, 2.75) is 50.6 Å². The van der Waals surface area contributed by atoms with Crippen LogP contribution in [0.15, 0.2) is 0 Å². The minimum Gasteiger partial charge on any atom is -0.383 e. The van der Waals surface area contributed by atoms with Gasteiger partial charge in [0, 0.05) is 39.4 Å². The predicted octanol–water partition coefficient (Wildman–Crippen LogP) is 1.63. The fourth-order valence-corrected chi connectivity index (χ4v) is 2.81. The third kappa shape index (κ3) is 5.65. The molecule has 2 N–H and O–H groups in total. The van der Waals surface area contributed by atoms with Gasteiger partial charge in [-0.2, -0.15) is 0 Å². The molecule has 108 valence electrons. The van der Waals surface area contributed by atoms with E-state index in [-0.39, 0.29) is 0 Å². The first-order valence-electron chi connectivity index (χ1n) is 7.27. The molecule has 1 aliphatic rings. The maximum Gasteiger partial charge on any atom is 0.0589 e. The van der Waals surface area contributed by atoms with E-state index in [0.717, 1.165) is 32.7 Å². The van der Waals surface area contributed by atoms with Gasteiger partial charge in [-0.3, -0.25) is 4.90 Å². The molecule has 0 bridgehead atoms. The zero-order valence-electron chi connectivity index (χ0n) is 12.1. The van der Waals surface area contributed by atoms with Crippen molar-refractivity contribution >= 4 is 0 Å². The highest BCUT2D eigenvalue weighted by Gasteiger charge is 2.25. The lowest BCUT2D eigenvalue weighted by atomic mass is 9.91. The van der Waals surface area contributed by atoms with Crippen LogP contribution in [0, 0.1) is 0 Å². The number of nitrogens with two attached hydrogens (primary N) is 1. The van der Waals surface area contributed by atoms with Crippen LogP contribution >= 0.6 is 0 Å². The van der Waals surface area contributed by atoms with Crippen LogP contribution in [0.4, 0.5) is 0 Å². The van der Waals surface area contributed by atoms with Crippen molar-refractivity contribution in [3.05, 3.63) is 0 Å². The van der Waals surface area contributed by atoms with Crippen LogP contribution in [0.3, 0.4) is 0 Å². The zero-order valence-corrected chi connectivity index (χ0v) is 12.1. The molecule has 0 saturated heterocycles. The van der Waals surface area contributed by atoms with E-state index in [1.54, 1.807) is 14.2 Å². The Bertz CT molecular complexity index is 194. The van der Waals surface area contributed by atoms with Crippen LogP contribution in [0.25, 0.3) is 0 Å². The summed E-state index contributed by atoms with van der Waals surface area (Å²) in [4.78, 5) is 2.46. The van der Waals surface area contributed by atoms with E-state index in [9.17, 15) is 0 Å². The molecule has 0 aliphatic heterocycles. The number of hydrogen-bond acceptors (Lipinski definition) is 4. The summed E-state index contributed by atoms with van der Waals surface area (Å²) < 4.78 is 10.4. The highest BCUT2D eigenvalue weighted by atomic mass is 16.5. The van der Waals surface area contributed by atoms with Gasteiger partial charge in [-0.05, 0) is 12.8 Å². The fraction of sp³-hybridized carbons (Fsp3) is 1.00. The maximum absolute atomic E-state index is 6.37. The van der Waals surface area contributed by atoms with Crippen molar-refractivity contribution in [1.29, 1.82) is 0 Å². The second kappa shape index (κ2) is 9.73. The van der Waals surface area contributed by atoms with Crippen molar-refractivity contribution in [1.82, 2.24) is 4.90 Å². The number of nitrogens with zero attached hydrogens (tertiary/aromatic N) is 1. The lowest BCUT2D eigenvalue weighted by molar-refractivity contribution is 0.0708. The Morgan fingerprint density at radius 2 is 1.50 bits per heavy atom. The average molecular weight is 258 g/mol. The molecule has 1 saturated carbocycles. The summed E-state index contributed by atoms with van der Waals surface area (Å²) in [6, 6.07) is 0.801. The van der Waals surface area contributed by atoms with Gasteiger partial charge in [-0.15, -0.1) is 0 Å². The molecule has 1 aliphatic carbocycles. The van der Waals surface area contributed by atoms with E-state index in [1.807, 2.05) is 0 Å². The summed E-state index contributed by atoms with van der Waals surface area (Å²) >= 11 is 0. The Kier molecular flexibility index (Phi) is 8.59. The quantitative estimate of drug-likeness (QED) is 0.754. The monoisotopic (exact) mass is 258 g/mol. The minimum atomic E-state index is 0.305. The van der Waals surface area contributed by atoms with Crippen LogP contribution in [0.1, 0.15) is 38.5 Å². The van der Waals surface area contributed by atoms with Gasteiger partial charge in [0.2, 0.25) is 0 Å². The van der Waals surface area contributed by atoms with Crippen molar-refractivity contribution in [2.75, 3.05) is 40.5 Å². The van der Waals surface area contributed by atoms with Gasteiger partial charge in [0.15, 0.2) is 0 Å². The fourth-order valence-electron chi connectivity index (χ4n) is 2.81. The smallest absolute Gasteiger partial charge is 0.0589 e. The zero-order chi connectivity index (χ0) is 13.2. The summed E-state index contributed by atoms with van der Waals surface area (Å²) in [5.74, 6) is 0. The second-order valence-electron chi connectivity index (χ2n) is 5.24. The lowest BCUT2D eigenvalue weighted by Gasteiger charge is -2.36. The molecule has 4 heteroatoms. The molecule has 0 radical (unpaired) electrons.